The van der Waals surface area contributed by atoms with Crippen molar-refractivity contribution in [1.29, 1.82) is 0 Å². The van der Waals surface area contributed by atoms with Crippen LogP contribution in [0.4, 0.5) is 10.2 Å². The Bertz CT molecular complexity index is 1710. The Hall–Kier alpha value is -4.85. The highest BCUT2D eigenvalue weighted by Gasteiger charge is 2.35. The van der Waals surface area contributed by atoms with Crippen molar-refractivity contribution in [1.82, 2.24) is 15.3 Å². The Labute approximate surface area is 224 Å². The molecule has 194 valence electrons. The summed E-state index contributed by atoms with van der Waals surface area (Å²) in [5.74, 6) is 0.154. The van der Waals surface area contributed by atoms with E-state index in [2.05, 4.69) is 15.3 Å². The minimum Gasteiger partial charge on any atom is -0.455 e. The number of furan rings is 1. The number of anilines is 1. The summed E-state index contributed by atoms with van der Waals surface area (Å²) < 4.78 is 19.6. The van der Waals surface area contributed by atoms with Crippen LogP contribution in [0.15, 0.2) is 83.7 Å². The smallest absolute Gasteiger partial charge is 0.259 e. The number of aromatic nitrogens is 2. The monoisotopic (exact) mass is 520 g/mol. The lowest BCUT2D eigenvalue weighted by atomic mass is 9.95. The molecular formula is C31H25FN4O3. The average Bonchev–Trinajstić information content (AvgIpc) is 3.72. The number of nitrogens with one attached hydrogen (secondary N) is 1. The van der Waals surface area contributed by atoms with Gasteiger partial charge in [0.25, 0.3) is 11.8 Å². The molecule has 1 aliphatic rings. The Balaban J connectivity index is 1.44. The topological polar surface area (TPSA) is 88.3 Å². The quantitative estimate of drug-likeness (QED) is 0.289. The number of halogens is 1. The molecule has 0 saturated heterocycles. The third kappa shape index (κ3) is 4.54. The molecule has 1 aliphatic carbocycles. The zero-order valence-electron chi connectivity index (χ0n) is 21.4. The van der Waals surface area contributed by atoms with E-state index in [9.17, 15) is 14.0 Å². The van der Waals surface area contributed by atoms with Crippen LogP contribution in [0.25, 0.3) is 33.4 Å². The molecule has 5 aromatic rings. The molecule has 2 heterocycles. The maximum Gasteiger partial charge on any atom is 0.259 e. The summed E-state index contributed by atoms with van der Waals surface area (Å²) >= 11 is 0. The molecule has 2 aromatic heterocycles. The maximum absolute atomic E-state index is 13.7. The Morgan fingerprint density at radius 3 is 2.46 bits per heavy atom. The van der Waals surface area contributed by atoms with Crippen molar-refractivity contribution in [3.8, 4) is 22.5 Å². The van der Waals surface area contributed by atoms with Gasteiger partial charge in [0.2, 0.25) is 0 Å². The number of carbonyl (C=O) groups is 2. The number of nitrogens with zero attached hydrogens (tertiary/aromatic N) is 3. The molecule has 6 rings (SSSR count). The predicted molar refractivity (Wildman–Crippen MR) is 147 cm³/mol. The van der Waals surface area contributed by atoms with Crippen LogP contribution < -0.4 is 10.2 Å². The van der Waals surface area contributed by atoms with E-state index in [4.69, 9.17) is 4.42 Å². The van der Waals surface area contributed by atoms with Crippen molar-refractivity contribution in [3.05, 3.63) is 102 Å². The first-order valence-electron chi connectivity index (χ1n) is 12.7. The highest BCUT2D eigenvalue weighted by Crippen LogP contribution is 2.38. The number of amides is 2. The van der Waals surface area contributed by atoms with Crippen molar-refractivity contribution in [2.75, 3.05) is 11.9 Å². The lowest BCUT2D eigenvalue weighted by Gasteiger charge is -2.22. The van der Waals surface area contributed by atoms with Gasteiger partial charge in [0.1, 0.15) is 29.3 Å². The van der Waals surface area contributed by atoms with Gasteiger partial charge in [-0.25, -0.2) is 14.4 Å². The molecule has 0 atom stereocenters. The van der Waals surface area contributed by atoms with Gasteiger partial charge >= 0.3 is 0 Å². The minimum absolute atomic E-state index is 0.119. The zero-order valence-corrected chi connectivity index (χ0v) is 21.4. The van der Waals surface area contributed by atoms with Crippen molar-refractivity contribution in [2.45, 2.75) is 25.8 Å². The number of hydrogen-bond acceptors (Lipinski definition) is 5. The number of hydrogen-bond donors (Lipinski definition) is 1. The number of fused-ring (bicyclic) bond motifs is 1. The number of benzene rings is 3. The van der Waals surface area contributed by atoms with Gasteiger partial charge in [-0.05, 0) is 91.1 Å². The van der Waals surface area contributed by atoms with Crippen LogP contribution in [0, 0.1) is 12.7 Å². The second-order valence-electron chi connectivity index (χ2n) is 9.61. The van der Waals surface area contributed by atoms with Crippen molar-refractivity contribution >= 4 is 28.6 Å². The summed E-state index contributed by atoms with van der Waals surface area (Å²) in [4.78, 5) is 36.7. The fraction of sp³-hybridized carbons (Fsp3) is 0.161. The summed E-state index contributed by atoms with van der Waals surface area (Å²) in [6.45, 7) is 1.98. The van der Waals surface area contributed by atoms with Crippen LogP contribution >= 0.6 is 0 Å². The van der Waals surface area contributed by atoms with Gasteiger partial charge < -0.3 is 9.73 Å². The molecule has 7 nitrogen and oxygen atoms in total. The molecule has 1 saturated carbocycles. The first-order chi connectivity index (χ1) is 18.9. The van der Waals surface area contributed by atoms with Crippen LogP contribution in [0.1, 0.15) is 39.1 Å². The fourth-order valence-electron chi connectivity index (χ4n) is 4.84. The molecule has 8 heteroatoms. The first-order valence-corrected chi connectivity index (χ1v) is 12.7. The first kappa shape index (κ1) is 24.5. The zero-order chi connectivity index (χ0) is 27.1. The second kappa shape index (κ2) is 9.79. The van der Waals surface area contributed by atoms with Crippen molar-refractivity contribution in [3.63, 3.8) is 0 Å². The normalized spacial score (nSPS) is 12.9. The van der Waals surface area contributed by atoms with Crippen LogP contribution in [-0.2, 0) is 0 Å². The molecule has 1 N–H and O–H groups in total. The summed E-state index contributed by atoms with van der Waals surface area (Å²) in [5.41, 5.74) is 4.74. The number of rotatable bonds is 6. The van der Waals surface area contributed by atoms with Crippen LogP contribution in [0.2, 0.25) is 0 Å². The van der Waals surface area contributed by atoms with Crippen LogP contribution in [-0.4, -0.2) is 34.9 Å². The van der Waals surface area contributed by atoms with Gasteiger partial charge in [-0.1, -0.05) is 12.1 Å². The van der Waals surface area contributed by atoms with Crippen molar-refractivity contribution < 1.29 is 18.4 Å². The molecule has 0 aliphatic heterocycles. The third-order valence-electron chi connectivity index (χ3n) is 6.99. The SMILES string of the molecule is CNC(=O)c1c(-c2ccc(F)cc2)oc2ccc(-c3cc(C(=O)N(c4ccncn4)C4CC4)ccc3C)cc12. The standard InChI is InChI=1S/C31H25FN4O3/c1-18-3-4-21(31(38)36(23-10-11-23)27-13-14-34-17-35-27)16-24(18)20-7-12-26-25(15-20)28(30(37)33-2)29(39-26)19-5-8-22(32)9-6-19/h3-9,12-17,23H,10-11H2,1-2H3,(H,33,37). The van der Waals surface area contributed by atoms with Gasteiger partial charge in [-0.2, -0.15) is 0 Å². The van der Waals surface area contributed by atoms with E-state index in [0.717, 1.165) is 29.5 Å². The fourth-order valence-corrected chi connectivity index (χ4v) is 4.84. The van der Waals surface area contributed by atoms with E-state index in [0.29, 0.717) is 39.2 Å². The summed E-state index contributed by atoms with van der Waals surface area (Å²) in [5, 5.41) is 3.31. The predicted octanol–water partition coefficient (Wildman–Crippen LogP) is 6.17. The Kier molecular flexibility index (Phi) is 6.15. The van der Waals surface area contributed by atoms with E-state index in [1.165, 1.54) is 18.5 Å². The molecule has 0 unspecified atom stereocenters. The third-order valence-corrected chi connectivity index (χ3v) is 6.99. The van der Waals surface area contributed by atoms with E-state index >= 15 is 0 Å². The summed E-state index contributed by atoms with van der Waals surface area (Å²) in [6, 6.07) is 19.0. The number of carbonyl (C=O) groups excluding carboxylic acids is 2. The van der Waals surface area contributed by atoms with Gasteiger partial charge in [-0.3, -0.25) is 14.5 Å². The molecule has 0 bridgehead atoms. The second-order valence-corrected chi connectivity index (χ2v) is 9.61. The van der Waals surface area contributed by atoms with E-state index in [-0.39, 0.29) is 23.7 Å². The van der Waals surface area contributed by atoms with Gasteiger partial charge in [0.15, 0.2) is 0 Å². The highest BCUT2D eigenvalue weighted by atomic mass is 19.1. The lowest BCUT2D eigenvalue weighted by molar-refractivity contribution is 0.0962. The molecule has 0 radical (unpaired) electrons. The molecule has 1 fully saturated rings. The van der Waals surface area contributed by atoms with E-state index in [1.807, 2.05) is 43.3 Å². The van der Waals surface area contributed by atoms with Crippen molar-refractivity contribution in [2.24, 2.45) is 0 Å². The molecule has 2 amide bonds. The van der Waals surface area contributed by atoms with E-state index < -0.39 is 0 Å². The summed E-state index contributed by atoms with van der Waals surface area (Å²) in [7, 11) is 1.56. The number of aryl methyl sites for hydroxylation is 1. The maximum atomic E-state index is 13.7. The summed E-state index contributed by atoms with van der Waals surface area (Å²) in [6.07, 6.45) is 4.95. The molecule has 3 aromatic carbocycles. The molecule has 0 spiro atoms. The lowest BCUT2D eigenvalue weighted by Crippen LogP contribution is -2.33. The Morgan fingerprint density at radius 1 is 1.00 bits per heavy atom. The van der Waals surface area contributed by atoms with Gasteiger partial charge in [0.05, 0.1) is 5.56 Å². The van der Waals surface area contributed by atoms with E-state index in [1.54, 1.807) is 36.3 Å². The van der Waals surface area contributed by atoms with Gasteiger partial charge in [-0.15, -0.1) is 0 Å². The van der Waals surface area contributed by atoms with Crippen LogP contribution in [0.5, 0.6) is 0 Å². The average molecular weight is 521 g/mol. The molecule has 39 heavy (non-hydrogen) atoms. The molecular weight excluding hydrogens is 495 g/mol. The van der Waals surface area contributed by atoms with Gasteiger partial charge in [0, 0.05) is 35.8 Å². The Morgan fingerprint density at radius 2 is 1.77 bits per heavy atom. The minimum atomic E-state index is -0.372. The van der Waals surface area contributed by atoms with Crippen LogP contribution in [0.3, 0.4) is 0 Å². The highest BCUT2D eigenvalue weighted by molar-refractivity contribution is 6.12. The largest absolute Gasteiger partial charge is 0.455 e.